The maximum atomic E-state index is 12.8. The number of nitrogens with one attached hydrogen (secondary N) is 1. The molecule has 0 spiro atoms. The number of aromatic nitrogens is 4. The minimum absolute atomic E-state index is 0.188. The first kappa shape index (κ1) is 21.0. The van der Waals surface area contributed by atoms with Crippen molar-refractivity contribution in [2.75, 3.05) is 18.4 Å². The number of pyridine rings is 2. The summed E-state index contributed by atoms with van der Waals surface area (Å²) in [6.45, 7) is 8.17. The molecule has 4 heterocycles. The molecule has 31 heavy (non-hydrogen) atoms. The summed E-state index contributed by atoms with van der Waals surface area (Å²) in [5.74, 6) is 1.29. The van der Waals surface area contributed by atoms with Crippen LogP contribution < -0.4 is 5.32 Å². The first-order chi connectivity index (χ1) is 15.0. The van der Waals surface area contributed by atoms with Crippen LogP contribution in [0.15, 0.2) is 42.7 Å². The van der Waals surface area contributed by atoms with Gasteiger partial charge in [-0.1, -0.05) is 6.07 Å². The van der Waals surface area contributed by atoms with E-state index in [0.717, 1.165) is 60.1 Å². The molecule has 1 aliphatic rings. The van der Waals surface area contributed by atoms with Crippen molar-refractivity contribution in [3.8, 4) is 0 Å². The van der Waals surface area contributed by atoms with E-state index in [1.165, 1.54) is 0 Å². The molecule has 1 N–H and O–H groups in total. The standard InChI is InChI=1S/C24H30N6O/c1-17-6-4-10-25-24(17)27-21-14-19(3)26-22(15-21)20-7-5-11-29(16-20)23(31)9-13-30-12-8-18(2)28-30/h4,6,8,10,12,14-15,20H,5,7,9,11,13,16H2,1-3H3,(H,25,26,27)/t20-/m1/s1. The van der Waals surface area contributed by atoms with Crippen LogP contribution in [0, 0.1) is 20.8 Å². The van der Waals surface area contributed by atoms with Crippen LogP contribution in [-0.2, 0) is 11.3 Å². The lowest BCUT2D eigenvalue weighted by Gasteiger charge is -2.33. The third kappa shape index (κ3) is 5.29. The highest BCUT2D eigenvalue weighted by Crippen LogP contribution is 2.29. The summed E-state index contributed by atoms with van der Waals surface area (Å²) in [7, 11) is 0. The lowest BCUT2D eigenvalue weighted by Crippen LogP contribution is -2.39. The van der Waals surface area contributed by atoms with Gasteiger partial charge in [0.1, 0.15) is 5.82 Å². The van der Waals surface area contributed by atoms with Crippen LogP contribution in [0.25, 0.3) is 0 Å². The number of amides is 1. The van der Waals surface area contributed by atoms with Crippen LogP contribution in [-0.4, -0.2) is 43.6 Å². The summed E-state index contributed by atoms with van der Waals surface area (Å²) in [6.07, 6.45) is 6.23. The molecule has 3 aromatic heterocycles. The number of anilines is 2. The van der Waals surface area contributed by atoms with Crippen molar-refractivity contribution in [2.24, 2.45) is 0 Å². The van der Waals surface area contributed by atoms with Crippen molar-refractivity contribution in [1.29, 1.82) is 0 Å². The summed E-state index contributed by atoms with van der Waals surface area (Å²) in [4.78, 5) is 24.0. The highest BCUT2D eigenvalue weighted by atomic mass is 16.2. The molecule has 162 valence electrons. The predicted octanol–water partition coefficient (Wildman–Crippen LogP) is 4.14. The van der Waals surface area contributed by atoms with E-state index in [4.69, 9.17) is 4.98 Å². The number of nitrogens with zero attached hydrogens (tertiary/aromatic N) is 5. The van der Waals surface area contributed by atoms with Gasteiger partial charge in [-0.2, -0.15) is 5.10 Å². The van der Waals surface area contributed by atoms with E-state index < -0.39 is 0 Å². The number of hydrogen-bond acceptors (Lipinski definition) is 5. The van der Waals surface area contributed by atoms with E-state index in [-0.39, 0.29) is 11.8 Å². The topological polar surface area (TPSA) is 75.9 Å². The van der Waals surface area contributed by atoms with Crippen molar-refractivity contribution >= 4 is 17.4 Å². The first-order valence-electron chi connectivity index (χ1n) is 10.9. The maximum Gasteiger partial charge on any atom is 0.224 e. The van der Waals surface area contributed by atoms with Crippen molar-refractivity contribution in [3.05, 3.63) is 65.4 Å². The van der Waals surface area contributed by atoms with E-state index in [1.807, 2.05) is 60.8 Å². The third-order valence-corrected chi connectivity index (χ3v) is 5.77. The summed E-state index contributed by atoms with van der Waals surface area (Å²) in [5.41, 5.74) is 5.06. The molecule has 1 saturated heterocycles. The smallest absolute Gasteiger partial charge is 0.224 e. The van der Waals surface area contributed by atoms with Crippen LogP contribution in [0.1, 0.15) is 47.8 Å². The van der Waals surface area contributed by atoms with Gasteiger partial charge >= 0.3 is 0 Å². The molecule has 7 nitrogen and oxygen atoms in total. The first-order valence-corrected chi connectivity index (χ1v) is 10.9. The normalized spacial score (nSPS) is 16.4. The molecular formula is C24H30N6O. The van der Waals surface area contributed by atoms with Crippen LogP contribution >= 0.6 is 0 Å². The third-order valence-electron chi connectivity index (χ3n) is 5.77. The molecule has 1 atom stereocenters. The Balaban J connectivity index is 1.43. The molecule has 7 heteroatoms. The lowest BCUT2D eigenvalue weighted by atomic mass is 9.93. The molecule has 0 aliphatic carbocycles. The fourth-order valence-electron chi connectivity index (χ4n) is 4.13. The Bertz CT molecular complexity index is 1060. The van der Waals surface area contributed by atoms with Gasteiger partial charge in [-0.15, -0.1) is 0 Å². The average Bonchev–Trinajstić information content (AvgIpc) is 3.18. The average molecular weight is 419 g/mol. The van der Waals surface area contributed by atoms with Crippen LogP contribution in [0.2, 0.25) is 0 Å². The second kappa shape index (κ2) is 9.29. The number of carbonyl (C=O) groups is 1. The molecule has 0 radical (unpaired) electrons. The summed E-state index contributed by atoms with van der Waals surface area (Å²) in [6, 6.07) is 10.1. The Morgan fingerprint density at radius 2 is 2.06 bits per heavy atom. The zero-order valence-electron chi connectivity index (χ0n) is 18.5. The summed E-state index contributed by atoms with van der Waals surface area (Å²) >= 11 is 0. The number of rotatable bonds is 6. The monoisotopic (exact) mass is 418 g/mol. The van der Waals surface area contributed by atoms with Gasteiger partial charge in [0, 0.05) is 61.4 Å². The van der Waals surface area contributed by atoms with Crippen molar-refractivity contribution < 1.29 is 4.79 Å². The summed E-state index contributed by atoms with van der Waals surface area (Å²) < 4.78 is 1.84. The Morgan fingerprint density at radius 1 is 1.19 bits per heavy atom. The van der Waals surface area contributed by atoms with E-state index in [9.17, 15) is 4.79 Å². The quantitative estimate of drug-likeness (QED) is 0.651. The molecule has 0 saturated carbocycles. The van der Waals surface area contributed by atoms with Crippen LogP contribution in [0.3, 0.4) is 0 Å². The molecule has 1 aliphatic heterocycles. The Labute approximate surface area is 183 Å². The molecule has 0 bridgehead atoms. The van der Waals surface area contributed by atoms with E-state index >= 15 is 0 Å². The second-order valence-electron chi connectivity index (χ2n) is 8.37. The van der Waals surface area contributed by atoms with Crippen molar-refractivity contribution in [1.82, 2.24) is 24.6 Å². The van der Waals surface area contributed by atoms with Gasteiger partial charge in [0.15, 0.2) is 0 Å². The van der Waals surface area contributed by atoms with Gasteiger partial charge in [0.2, 0.25) is 5.91 Å². The van der Waals surface area contributed by atoms with Gasteiger partial charge in [-0.05, 0) is 63.4 Å². The molecular weight excluding hydrogens is 388 g/mol. The molecule has 1 amide bonds. The fourth-order valence-corrected chi connectivity index (χ4v) is 4.13. The van der Waals surface area contributed by atoms with E-state index in [0.29, 0.717) is 13.0 Å². The van der Waals surface area contributed by atoms with E-state index in [2.05, 4.69) is 21.5 Å². The SMILES string of the molecule is Cc1cc(Nc2ncccc2C)cc([C@@H]2CCCN(C(=O)CCn3ccc(C)n3)C2)n1. The number of likely N-dealkylation sites (tertiary alicyclic amines) is 1. The highest BCUT2D eigenvalue weighted by molar-refractivity contribution is 5.76. The van der Waals surface area contributed by atoms with Gasteiger partial charge in [-0.25, -0.2) is 4.98 Å². The Morgan fingerprint density at radius 3 is 2.84 bits per heavy atom. The number of aryl methyl sites for hydroxylation is 4. The number of hydrogen-bond donors (Lipinski definition) is 1. The van der Waals surface area contributed by atoms with E-state index in [1.54, 1.807) is 6.20 Å². The Hall–Kier alpha value is -3.22. The van der Waals surface area contributed by atoms with Gasteiger partial charge in [-0.3, -0.25) is 14.5 Å². The zero-order valence-corrected chi connectivity index (χ0v) is 18.5. The lowest BCUT2D eigenvalue weighted by molar-refractivity contribution is -0.132. The van der Waals surface area contributed by atoms with Crippen LogP contribution in [0.5, 0.6) is 0 Å². The summed E-state index contributed by atoms with van der Waals surface area (Å²) in [5, 5.41) is 7.80. The largest absolute Gasteiger partial charge is 0.342 e. The van der Waals surface area contributed by atoms with Crippen molar-refractivity contribution in [3.63, 3.8) is 0 Å². The number of piperidine rings is 1. The fraction of sp³-hybridized carbons (Fsp3) is 0.417. The highest BCUT2D eigenvalue weighted by Gasteiger charge is 2.26. The molecule has 0 unspecified atom stereocenters. The minimum atomic E-state index is 0.188. The Kier molecular flexibility index (Phi) is 6.30. The zero-order chi connectivity index (χ0) is 21.8. The van der Waals surface area contributed by atoms with Gasteiger partial charge in [0.25, 0.3) is 0 Å². The molecule has 4 rings (SSSR count). The van der Waals surface area contributed by atoms with Gasteiger partial charge < -0.3 is 10.2 Å². The van der Waals surface area contributed by atoms with Crippen molar-refractivity contribution in [2.45, 2.75) is 52.5 Å². The predicted molar refractivity (Wildman–Crippen MR) is 121 cm³/mol. The molecule has 3 aromatic rings. The number of carbonyl (C=O) groups excluding carboxylic acids is 1. The molecule has 1 fully saturated rings. The van der Waals surface area contributed by atoms with Crippen LogP contribution in [0.4, 0.5) is 11.5 Å². The second-order valence-corrected chi connectivity index (χ2v) is 8.37. The van der Waals surface area contributed by atoms with Gasteiger partial charge in [0.05, 0.1) is 5.69 Å². The minimum Gasteiger partial charge on any atom is -0.342 e. The maximum absolute atomic E-state index is 12.8. The molecule has 0 aromatic carbocycles.